The fraction of sp³-hybridized carbons (Fsp3) is 0.450. The number of anilines is 2. The van der Waals surface area contributed by atoms with Crippen LogP contribution < -0.4 is 10.3 Å². The van der Waals surface area contributed by atoms with Crippen LogP contribution in [-0.4, -0.2) is 42.5 Å². The lowest BCUT2D eigenvalue weighted by Crippen LogP contribution is -2.37. The van der Waals surface area contributed by atoms with Crippen molar-refractivity contribution >= 4 is 18.0 Å². The Hall–Kier alpha value is -2.47. The minimum absolute atomic E-state index is 0.546. The third kappa shape index (κ3) is 4.38. The number of aryl methyl sites for hydroxylation is 2. The molecule has 3 rings (SSSR count). The van der Waals surface area contributed by atoms with Gasteiger partial charge in [0, 0.05) is 18.7 Å². The standard InChI is InChI=1S/C20H27N5O/c1-4-17-18(5-2)22-20(23-19(17)25-9-11-26-12-10-25)24-21-14-16-8-6-7-15(3)13-16/h6-8,13-14H,4-5,9-12H2,1-3H3,(H,22,23,24)/b21-14+. The summed E-state index contributed by atoms with van der Waals surface area (Å²) < 4.78 is 5.48. The zero-order valence-corrected chi connectivity index (χ0v) is 15.8. The summed E-state index contributed by atoms with van der Waals surface area (Å²) >= 11 is 0. The molecule has 1 aromatic heterocycles. The van der Waals surface area contributed by atoms with Crippen molar-refractivity contribution in [2.24, 2.45) is 5.10 Å². The van der Waals surface area contributed by atoms with E-state index in [2.05, 4.69) is 53.3 Å². The van der Waals surface area contributed by atoms with Crippen LogP contribution in [0.3, 0.4) is 0 Å². The van der Waals surface area contributed by atoms with Gasteiger partial charge >= 0.3 is 0 Å². The Bertz CT molecular complexity index is 769. The Labute approximate surface area is 155 Å². The van der Waals surface area contributed by atoms with Crippen molar-refractivity contribution < 1.29 is 4.74 Å². The third-order valence-electron chi connectivity index (χ3n) is 4.49. The number of aromatic nitrogens is 2. The number of nitrogens with zero attached hydrogens (tertiary/aromatic N) is 4. The normalized spacial score (nSPS) is 14.8. The smallest absolute Gasteiger partial charge is 0.245 e. The fourth-order valence-corrected chi connectivity index (χ4v) is 3.17. The summed E-state index contributed by atoms with van der Waals surface area (Å²) in [5.41, 5.74) is 7.57. The van der Waals surface area contributed by atoms with Gasteiger partial charge in [-0.25, -0.2) is 10.4 Å². The maximum atomic E-state index is 5.48. The third-order valence-corrected chi connectivity index (χ3v) is 4.49. The minimum Gasteiger partial charge on any atom is -0.378 e. The van der Waals surface area contributed by atoms with Crippen LogP contribution in [0.5, 0.6) is 0 Å². The van der Waals surface area contributed by atoms with Crippen LogP contribution in [0.15, 0.2) is 29.4 Å². The molecule has 6 nitrogen and oxygen atoms in total. The molecule has 0 bridgehead atoms. The monoisotopic (exact) mass is 353 g/mol. The molecule has 0 radical (unpaired) electrons. The fourth-order valence-electron chi connectivity index (χ4n) is 3.17. The largest absolute Gasteiger partial charge is 0.378 e. The van der Waals surface area contributed by atoms with Gasteiger partial charge in [-0.05, 0) is 25.3 Å². The number of hydrazone groups is 1. The highest BCUT2D eigenvalue weighted by Gasteiger charge is 2.19. The van der Waals surface area contributed by atoms with Crippen molar-refractivity contribution in [1.29, 1.82) is 0 Å². The van der Waals surface area contributed by atoms with Crippen LogP contribution >= 0.6 is 0 Å². The van der Waals surface area contributed by atoms with Crippen molar-refractivity contribution in [3.63, 3.8) is 0 Å². The minimum atomic E-state index is 0.546. The Balaban J connectivity index is 1.84. The number of benzene rings is 1. The molecule has 0 unspecified atom stereocenters. The van der Waals surface area contributed by atoms with Crippen LogP contribution in [0, 0.1) is 6.92 Å². The molecule has 0 atom stereocenters. The highest BCUT2D eigenvalue weighted by Crippen LogP contribution is 2.24. The van der Waals surface area contributed by atoms with Gasteiger partial charge in [0.05, 0.1) is 25.1 Å². The second-order valence-electron chi connectivity index (χ2n) is 6.39. The summed E-state index contributed by atoms with van der Waals surface area (Å²) in [6.45, 7) is 9.55. The van der Waals surface area contributed by atoms with E-state index >= 15 is 0 Å². The average molecular weight is 353 g/mol. The van der Waals surface area contributed by atoms with E-state index in [-0.39, 0.29) is 0 Å². The lowest BCUT2D eigenvalue weighted by molar-refractivity contribution is 0.122. The zero-order valence-electron chi connectivity index (χ0n) is 15.8. The molecule has 2 heterocycles. The summed E-state index contributed by atoms with van der Waals surface area (Å²) in [6.07, 6.45) is 3.59. The molecule has 0 spiro atoms. The molecule has 1 aliphatic heterocycles. The predicted molar refractivity (Wildman–Crippen MR) is 106 cm³/mol. The van der Waals surface area contributed by atoms with Crippen molar-refractivity contribution in [2.45, 2.75) is 33.6 Å². The molecule has 2 aromatic rings. The number of rotatable bonds is 6. The maximum Gasteiger partial charge on any atom is 0.245 e. The van der Waals surface area contributed by atoms with Crippen molar-refractivity contribution in [3.8, 4) is 0 Å². The van der Waals surface area contributed by atoms with Crippen LogP contribution in [0.4, 0.5) is 11.8 Å². The summed E-state index contributed by atoms with van der Waals surface area (Å²) in [4.78, 5) is 11.7. The van der Waals surface area contributed by atoms with Gasteiger partial charge in [-0.2, -0.15) is 10.1 Å². The summed E-state index contributed by atoms with van der Waals surface area (Å²) in [5.74, 6) is 1.56. The molecule has 138 valence electrons. The highest BCUT2D eigenvalue weighted by molar-refractivity contribution is 5.80. The van der Waals surface area contributed by atoms with Crippen LogP contribution in [0.2, 0.25) is 0 Å². The Morgan fingerprint density at radius 3 is 2.69 bits per heavy atom. The molecule has 1 aliphatic rings. The van der Waals surface area contributed by atoms with Gasteiger partial charge in [-0.3, -0.25) is 0 Å². The molecule has 6 heteroatoms. The second kappa shape index (κ2) is 8.76. The highest BCUT2D eigenvalue weighted by atomic mass is 16.5. The van der Waals surface area contributed by atoms with Crippen molar-refractivity contribution in [2.75, 3.05) is 36.6 Å². The first-order valence-electron chi connectivity index (χ1n) is 9.29. The molecular formula is C20H27N5O. The number of hydrogen-bond acceptors (Lipinski definition) is 6. The van der Waals surface area contributed by atoms with Gasteiger partial charge in [0.15, 0.2) is 0 Å². The lowest BCUT2D eigenvalue weighted by Gasteiger charge is -2.30. The molecule has 1 saturated heterocycles. The molecule has 0 saturated carbocycles. The van der Waals surface area contributed by atoms with E-state index < -0.39 is 0 Å². The van der Waals surface area contributed by atoms with E-state index in [1.54, 1.807) is 6.21 Å². The SMILES string of the molecule is CCc1nc(N/N=C/c2cccc(C)c2)nc(N2CCOCC2)c1CC. The maximum absolute atomic E-state index is 5.48. The second-order valence-corrected chi connectivity index (χ2v) is 6.39. The molecular weight excluding hydrogens is 326 g/mol. The number of ether oxygens (including phenoxy) is 1. The van der Waals surface area contributed by atoms with E-state index in [0.717, 1.165) is 56.2 Å². The summed E-state index contributed by atoms with van der Waals surface area (Å²) in [6, 6.07) is 8.20. The number of morpholine rings is 1. The average Bonchev–Trinajstić information content (AvgIpc) is 2.68. The quantitative estimate of drug-likeness (QED) is 0.638. The van der Waals surface area contributed by atoms with Crippen molar-refractivity contribution in [3.05, 3.63) is 46.6 Å². The Kier molecular flexibility index (Phi) is 6.17. The van der Waals surface area contributed by atoms with E-state index in [1.807, 2.05) is 12.1 Å². The van der Waals surface area contributed by atoms with Gasteiger partial charge in [-0.1, -0.05) is 43.7 Å². The van der Waals surface area contributed by atoms with Gasteiger partial charge in [0.1, 0.15) is 5.82 Å². The van der Waals surface area contributed by atoms with Crippen LogP contribution in [0.25, 0.3) is 0 Å². The first-order chi connectivity index (χ1) is 12.7. The number of hydrogen-bond donors (Lipinski definition) is 1. The van der Waals surface area contributed by atoms with E-state index in [9.17, 15) is 0 Å². The Morgan fingerprint density at radius 1 is 1.19 bits per heavy atom. The van der Waals surface area contributed by atoms with Gasteiger partial charge in [-0.15, -0.1) is 0 Å². The van der Waals surface area contributed by atoms with Crippen molar-refractivity contribution in [1.82, 2.24) is 9.97 Å². The molecule has 0 aliphatic carbocycles. The summed E-state index contributed by atoms with van der Waals surface area (Å²) in [5, 5.41) is 4.33. The molecule has 0 amide bonds. The van der Waals surface area contributed by atoms with Gasteiger partial charge in [0.2, 0.25) is 5.95 Å². The molecule has 1 fully saturated rings. The van der Waals surface area contributed by atoms with E-state index in [0.29, 0.717) is 5.95 Å². The van der Waals surface area contributed by atoms with Crippen LogP contribution in [-0.2, 0) is 17.6 Å². The Morgan fingerprint density at radius 2 is 2.00 bits per heavy atom. The predicted octanol–water partition coefficient (Wildman–Crippen LogP) is 3.19. The van der Waals surface area contributed by atoms with E-state index in [4.69, 9.17) is 9.72 Å². The zero-order chi connectivity index (χ0) is 18.4. The van der Waals surface area contributed by atoms with Crippen LogP contribution in [0.1, 0.15) is 36.2 Å². The lowest BCUT2D eigenvalue weighted by atomic mass is 10.1. The molecule has 1 N–H and O–H groups in total. The first kappa shape index (κ1) is 18.3. The molecule has 1 aromatic carbocycles. The van der Waals surface area contributed by atoms with Gasteiger partial charge in [0.25, 0.3) is 0 Å². The van der Waals surface area contributed by atoms with Gasteiger partial charge < -0.3 is 9.64 Å². The topological polar surface area (TPSA) is 62.6 Å². The first-order valence-corrected chi connectivity index (χ1v) is 9.29. The molecule has 26 heavy (non-hydrogen) atoms. The number of nitrogens with one attached hydrogen (secondary N) is 1. The van der Waals surface area contributed by atoms with E-state index in [1.165, 1.54) is 11.1 Å². The summed E-state index contributed by atoms with van der Waals surface area (Å²) in [7, 11) is 0.